The molecule has 9 heteroatoms. The third kappa shape index (κ3) is 5.47. The first-order chi connectivity index (χ1) is 16.0. The fraction of sp³-hybridized carbons (Fsp3) is 0.292. The van der Waals surface area contributed by atoms with Gasteiger partial charge < -0.3 is 16.0 Å². The summed E-state index contributed by atoms with van der Waals surface area (Å²) in [6.45, 7) is 0. The normalized spacial score (nSPS) is 20.0. The van der Waals surface area contributed by atoms with Crippen LogP contribution in [0.15, 0.2) is 54.7 Å². The Bertz CT molecular complexity index is 1130. The number of H-pyrrole nitrogens is 1. The lowest BCUT2D eigenvalue weighted by Gasteiger charge is -2.40. The Morgan fingerprint density at radius 3 is 2.27 bits per heavy atom. The molecule has 7 nitrogen and oxygen atoms in total. The molecule has 0 atom stereocenters. The zero-order valence-electron chi connectivity index (χ0n) is 17.9. The molecule has 0 spiro atoms. The first kappa shape index (κ1) is 22.3. The van der Waals surface area contributed by atoms with Crippen molar-refractivity contribution in [1.29, 1.82) is 5.26 Å². The number of amides is 1. The van der Waals surface area contributed by atoms with Gasteiger partial charge in [0.05, 0.1) is 24.2 Å². The van der Waals surface area contributed by atoms with Crippen LogP contribution in [0.3, 0.4) is 0 Å². The molecule has 0 bridgehead atoms. The highest BCUT2D eigenvalue weighted by atomic mass is 19.1. The number of nitrogens with zero attached hydrogens (tertiary/aromatic N) is 2. The average molecular weight is 450 g/mol. The van der Waals surface area contributed by atoms with Gasteiger partial charge in [-0.15, -0.1) is 0 Å². The lowest BCUT2D eigenvalue weighted by atomic mass is 9.77. The van der Waals surface area contributed by atoms with E-state index < -0.39 is 5.54 Å². The molecule has 0 aliphatic heterocycles. The number of benzene rings is 2. The molecule has 1 aromatic heterocycles. The Kier molecular flexibility index (Phi) is 6.54. The van der Waals surface area contributed by atoms with Crippen molar-refractivity contribution in [2.24, 2.45) is 0 Å². The van der Waals surface area contributed by atoms with Gasteiger partial charge in [-0.3, -0.25) is 9.89 Å². The molecule has 33 heavy (non-hydrogen) atoms. The van der Waals surface area contributed by atoms with Crippen LogP contribution in [0, 0.1) is 23.0 Å². The van der Waals surface area contributed by atoms with Crippen molar-refractivity contribution in [3.8, 4) is 6.07 Å². The molecule has 0 saturated heterocycles. The molecule has 1 aliphatic carbocycles. The number of aromatic amines is 1. The van der Waals surface area contributed by atoms with Crippen molar-refractivity contribution in [2.75, 3.05) is 10.6 Å². The summed E-state index contributed by atoms with van der Waals surface area (Å²) in [4.78, 5) is 13.1. The lowest BCUT2D eigenvalue weighted by Crippen LogP contribution is -2.52. The standard InChI is InChI=1S/C24H24F2N6O/c25-16-1-5-18(6-2-16)29-20-9-11-24(12-10-20,13-14-27)31-23(33)21-15-28-32-22(21)30-19-7-3-17(26)4-8-19/h1-8,15,20,29H,9-13H2,(H,31,33)(H2,28,30,32). The highest BCUT2D eigenvalue weighted by Crippen LogP contribution is 2.33. The van der Waals surface area contributed by atoms with Gasteiger partial charge in [0.15, 0.2) is 0 Å². The Labute approximate surface area is 190 Å². The fourth-order valence-corrected chi connectivity index (χ4v) is 4.13. The van der Waals surface area contributed by atoms with Gasteiger partial charge in [-0.2, -0.15) is 10.4 Å². The van der Waals surface area contributed by atoms with Gasteiger partial charge in [0.2, 0.25) is 0 Å². The topological polar surface area (TPSA) is 106 Å². The molecule has 1 saturated carbocycles. The highest BCUT2D eigenvalue weighted by Gasteiger charge is 2.37. The minimum Gasteiger partial charge on any atom is -0.382 e. The summed E-state index contributed by atoms with van der Waals surface area (Å²) in [6, 6.07) is 14.4. The monoisotopic (exact) mass is 450 g/mol. The number of hydrogen-bond donors (Lipinski definition) is 4. The maximum absolute atomic E-state index is 13.2. The van der Waals surface area contributed by atoms with Crippen LogP contribution in [0.25, 0.3) is 0 Å². The van der Waals surface area contributed by atoms with E-state index >= 15 is 0 Å². The maximum atomic E-state index is 13.2. The van der Waals surface area contributed by atoms with Crippen molar-refractivity contribution >= 4 is 23.1 Å². The van der Waals surface area contributed by atoms with E-state index in [9.17, 15) is 18.8 Å². The van der Waals surface area contributed by atoms with E-state index in [1.165, 1.54) is 30.5 Å². The summed E-state index contributed by atoms with van der Waals surface area (Å²) in [5, 5.41) is 25.6. The minimum atomic E-state index is -0.642. The van der Waals surface area contributed by atoms with Crippen LogP contribution in [0.4, 0.5) is 26.0 Å². The number of rotatable bonds is 7. The van der Waals surface area contributed by atoms with Crippen LogP contribution in [0.1, 0.15) is 42.5 Å². The van der Waals surface area contributed by atoms with Gasteiger partial charge in [0, 0.05) is 17.4 Å². The summed E-state index contributed by atoms with van der Waals surface area (Å²) < 4.78 is 26.3. The molecule has 170 valence electrons. The van der Waals surface area contributed by atoms with E-state index in [0.717, 1.165) is 18.5 Å². The molecular weight excluding hydrogens is 426 g/mol. The predicted molar refractivity (Wildman–Crippen MR) is 121 cm³/mol. The van der Waals surface area contributed by atoms with E-state index in [2.05, 4.69) is 32.2 Å². The minimum absolute atomic E-state index is 0.170. The lowest BCUT2D eigenvalue weighted by molar-refractivity contribution is 0.0869. The van der Waals surface area contributed by atoms with E-state index in [4.69, 9.17) is 0 Å². The first-order valence-corrected chi connectivity index (χ1v) is 10.7. The Hall–Kier alpha value is -3.93. The third-order valence-electron chi connectivity index (χ3n) is 5.95. The second kappa shape index (κ2) is 9.69. The predicted octanol–water partition coefficient (Wildman–Crippen LogP) is 4.87. The zero-order chi connectivity index (χ0) is 23.3. The van der Waals surface area contributed by atoms with Crippen molar-refractivity contribution in [3.05, 3.63) is 71.9 Å². The number of halogens is 2. The Morgan fingerprint density at radius 2 is 1.67 bits per heavy atom. The summed E-state index contributed by atoms with van der Waals surface area (Å²) in [7, 11) is 0. The molecule has 0 unspecified atom stereocenters. The Morgan fingerprint density at radius 1 is 1.06 bits per heavy atom. The van der Waals surface area contributed by atoms with Gasteiger partial charge in [-0.05, 0) is 74.2 Å². The van der Waals surface area contributed by atoms with E-state index in [-0.39, 0.29) is 30.0 Å². The van der Waals surface area contributed by atoms with Crippen molar-refractivity contribution in [2.45, 2.75) is 43.7 Å². The van der Waals surface area contributed by atoms with Gasteiger partial charge in [0.25, 0.3) is 5.91 Å². The van der Waals surface area contributed by atoms with Gasteiger partial charge in [-0.25, -0.2) is 8.78 Å². The number of carbonyl (C=O) groups is 1. The molecule has 4 rings (SSSR count). The van der Waals surface area contributed by atoms with Crippen LogP contribution in [0.2, 0.25) is 0 Å². The average Bonchev–Trinajstić information content (AvgIpc) is 3.27. The number of aromatic nitrogens is 2. The smallest absolute Gasteiger partial charge is 0.257 e. The van der Waals surface area contributed by atoms with Crippen molar-refractivity contribution < 1.29 is 13.6 Å². The van der Waals surface area contributed by atoms with Crippen LogP contribution < -0.4 is 16.0 Å². The highest BCUT2D eigenvalue weighted by molar-refractivity contribution is 5.99. The second-order valence-electron chi connectivity index (χ2n) is 8.29. The molecule has 3 aromatic rings. The van der Waals surface area contributed by atoms with Gasteiger partial charge in [-0.1, -0.05) is 0 Å². The second-order valence-corrected chi connectivity index (χ2v) is 8.29. The molecule has 1 heterocycles. The summed E-state index contributed by atoms with van der Waals surface area (Å²) in [6.07, 6.45) is 4.38. The molecular formula is C24H24F2N6O. The fourth-order valence-electron chi connectivity index (χ4n) is 4.13. The van der Waals surface area contributed by atoms with Crippen molar-refractivity contribution in [3.63, 3.8) is 0 Å². The SMILES string of the molecule is N#CCC1(NC(=O)c2cn[nH]c2Nc2ccc(F)cc2)CCC(Nc2ccc(F)cc2)CC1. The number of nitriles is 1. The van der Waals surface area contributed by atoms with Gasteiger partial charge >= 0.3 is 0 Å². The summed E-state index contributed by atoms with van der Waals surface area (Å²) in [5.41, 5.74) is 1.11. The third-order valence-corrected chi connectivity index (χ3v) is 5.95. The number of nitrogens with one attached hydrogen (secondary N) is 4. The zero-order valence-corrected chi connectivity index (χ0v) is 17.9. The summed E-state index contributed by atoms with van der Waals surface area (Å²) >= 11 is 0. The molecule has 2 aromatic carbocycles. The molecule has 1 aliphatic rings. The Balaban J connectivity index is 1.41. The van der Waals surface area contributed by atoms with Crippen LogP contribution in [-0.2, 0) is 0 Å². The molecule has 1 amide bonds. The number of hydrogen-bond acceptors (Lipinski definition) is 5. The van der Waals surface area contributed by atoms with E-state index in [1.807, 2.05) is 0 Å². The summed E-state index contributed by atoms with van der Waals surface area (Å²) in [5.74, 6) is -0.593. The molecule has 4 N–H and O–H groups in total. The van der Waals surface area contributed by atoms with E-state index in [0.29, 0.717) is 29.9 Å². The van der Waals surface area contributed by atoms with Crippen LogP contribution >= 0.6 is 0 Å². The van der Waals surface area contributed by atoms with Crippen molar-refractivity contribution in [1.82, 2.24) is 15.5 Å². The van der Waals surface area contributed by atoms with Gasteiger partial charge in [0.1, 0.15) is 23.0 Å². The molecule has 0 radical (unpaired) electrons. The molecule has 1 fully saturated rings. The largest absolute Gasteiger partial charge is 0.382 e. The van der Waals surface area contributed by atoms with Crippen LogP contribution in [-0.4, -0.2) is 27.7 Å². The van der Waals surface area contributed by atoms with E-state index in [1.54, 1.807) is 24.3 Å². The maximum Gasteiger partial charge on any atom is 0.257 e. The van der Waals surface area contributed by atoms with Crippen LogP contribution in [0.5, 0.6) is 0 Å². The number of anilines is 3. The quantitative estimate of drug-likeness (QED) is 0.411. The number of carbonyl (C=O) groups excluding carboxylic acids is 1. The first-order valence-electron chi connectivity index (χ1n) is 10.7.